The zero-order valence-electron chi connectivity index (χ0n) is 5.13. The van der Waals surface area contributed by atoms with E-state index >= 15 is 0 Å². The molecule has 0 aliphatic carbocycles. The van der Waals surface area contributed by atoms with Crippen molar-refractivity contribution in [3.8, 4) is 0 Å². The van der Waals surface area contributed by atoms with Crippen LogP contribution < -0.4 is 0 Å². The minimum Gasteiger partial charge on any atom is -0.362 e. The Morgan fingerprint density at radius 1 is 1.89 bits per heavy atom. The zero-order valence-corrected chi connectivity index (χ0v) is 5.13. The molecule has 3 nitrogen and oxygen atoms in total. The SMILES string of the molecule is [C-]#[N+]C1C(=O)COC1C. The number of carbonyl (C=O) groups is 1. The predicted octanol–water partition coefficient (Wildman–Crippen LogP) is 0.262. The fraction of sp³-hybridized carbons (Fsp3) is 0.667. The number of rotatable bonds is 0. The first kappa shape index (κ1) is 6.24. The molecule has 0 aromatic carbocycles. The van der Waals surface area contributed by atoms with Gasteiger partial charge < -0.3 is 9.58 Å². The van der Waals surface area contributed by atoms with Crippen LogP contribution >= 0.6 is 0 Å². The molecule has 1 saturated heterocycles. The third-order valence-electron chi connectivity index (χ3n) is 1.40. The number of carbonyl (C=O) groups excluding carboxylic acids is 1. The Hall–Kier alpha value is -0.880. The molecule has 0 radical (unpaired) electrons. The molecule has 1 heterocycles. The molecule has 1 fully saturated rings. The molecule has 0 amide bonds. The highest BCUT2D eigenvalue weighted by molar-refractivity contribution is 5.89. The molecule has 2 atom stereocenters. The molecular formula is C6H7NO2. The van der Waals surface area contributed by atoms with Crippen LogP contribution in [0.1, 0.15) is 6.92 Å². The Kier molecular flexibility index (Phi) is 1.50. The van der Waals surface area contributed by atoms with Crippen LogP contribution in [0.3, 0.4) is 0 Å². The first-order valence-corrected chi connectivity index (χ1v) is 2.76. The van der Waals surface area contributed by atoms with Crippen molar-refractivity contribution < 1.29 is 9.53 Å². The molecule has 2 unspecified atom stereocenters. The minimum absolute atomic E-state index is 0.0856. The van der Waals surface area contributed by atoms with E-state index in [0.717, 1.165) is 0 Å². The third-order valence-corrected chi connectivity index (χ3v) is 1.40. The standard InChI is InChI=1S/C6H7NO2/c1-4-6(7-2)5(8)3-9-4/h4,6H,3H2,1H3. The van der Waals surface area contributed by atoms with Crippen LogP contribution in [-0.4, -0.2) is 24.5 Å². The highest BCUT2D eigenvalue weighted by atomic mass is 16.5. The van der Waals surface area contributed by atoms with Gasteiger partial charge in [-0.1, -0.05) is 0 Å². The fourth-order valence-corrected chi connectivity index (χ4v) is 0.829. The van der Waals surface area contributed by atoms with Gasteiger partial charge in [0.25, 0.3) is 0 Å². The van der Waals surface area contributed by atoms with Gasteiger partial charge >= 0.3 is 6.04 Å². The predicted molar refractivity (Wildman–Crippen MR) is 30.8 cm³/mol. The summed E-state index contributed by atoms with van der Waals surface area (Å²) in [7, 11) is 0. The molecule has 1 aliphatic rings. The highest BCUT2D eigenvalue weighted by Crippen LogP contribution is 2.12. The lowest BCUT2D eigenvalue weighted by molar-refractivity contribution is -0.118. The number of ether oxygens (including phenoxy) is 1. The Morgan fingerprint density at radius 3 is 2.78 bits per heavy atom. The van der Waals surface area contributed by atoms with Crippen LogP contribution in [0.25, 0.3) is 4.85 Å². The quantitative estimate of drug-likeness (QED) is 0.435. The largest absolute Gasteiger partial charge is 0.362 e. The average molecular weight is 125 g/mol. The fourth-order valence-electron chi connectivity index (χ4n) is 0.829. The molecule has 1 rings (SSSR count). The number of Topliss-reactive ketones (excluding diaryl/α,β-unsaturated/α-hetero) is 1. The van der Waals surface area contributed by atoms with Gasteiger partial charge in [-0.3, -0.25) is 4.79 Å². The molecule has 1 aliphatic heterocycles. The van der Waals surface area contributed by atoms with Crippen LogP contribution in [0.2, 0.25) is 0 Å². The van der Waals surface area contributed by atoms with E-state index < -0.39 is 6.04 Å². The molecule has 0 spiro atoms. The topological polar surface area (TPSA) is 30.7 Å². The monoisotopic (exact) mass is 125 g/mol. The van der Waals surface area contributed by atoms with Gasteiger partial charge in [0.05, 0.1) is 0 Å². The number of hydrogen-bond donors (Lipinski definition) is 0. The van der Waals surface area contributed by atoms with Gasteiger partial charge in [0.15, 0.2) is 0 Å². The maximum Gasteiger partial charge on any atom is 0.308 e. The minimum atomic E-state index is -0.537. The summed E-state index contributed by atoms with van der Waals surface area (Å²) in [5.41, 5.74) is 0. The van der Waals surface area contributed by atoms with E-state index in [-0.39, 0.29) is 18.5 Å². The van der Waals surface area contributed by atoms with E-state index in [1.807, 2.05) is 0 Å². The molecule has 0 bridgehead atoms. The van der Waals surface area contributed by atoms with Crippen LogP contribution in [0, 0.1) is 6.57 Å². The molecule has 0 N–H and O–H groups in total. The summed E-state index contributed by atoms with van der Waals surface area (Å²) in [6.07, 6.45) is -0.199. The number of ketones is 1. The highest BCUT2D eigenvalue weighted by Gasteiger charge is 2.37. The van der Waals surface area contributed by atoms with Crippen molar-refractivity contribution >= 4 is 5.78 Å². The molecular weight excluding hydrogens is 118 g/mol. The Labute approximate surface area is 53.4 Å². The summed E-state index contributed by atoms with van der Waals surface area (Å²) in [4.78, 5) is 13.8. The van der Waals surface area contributed by atoms with Gasteiger partial charge in [-0.15, -0.1) is 0 Å². The summed E-state index contributed by atoms with van der Waals surface area (Å²) in [5.74, 6) is -0.0856. The Morgan fingerprint density at radius 2 is 2.56 bits per heavy atom. The van der Waals surface area contributed by atoms with Crippen LogP contribution in [0.15, 0.2) is 0 Å². The lowest BCUT2D eigenvalue weighted by atomic mass is 10.2. The van der Waals surface area contributed by atoms with Crippen molar-refractivity contribution in [3.05, 3.63) is 11.4 Å². The van der Waals surface area contributed by atoms with Crippen molar-refractivity contribution in [1.82, 2.24) is 0 Å². The zero-order chi connectivity index (χ0) is 6.85. The summed E-state index contributed by atoms with van der Waals surface area (Å²) >= 11 is 0. The van der Waals surface area contributed by atoms with E-state index in [4.69, 9.17) is 11.3 Å². The molecule has 0 aromatic rings. The van der Waals surface area contributed by atoms with Crippen LogP contribution in [-0.2, 0) is 9.53 Å². The second-order valence-corrected chi connectivity index (χ2v) is 2.06. The third kappa shape index (κ3) is 0.936. The van der Waals surface area contributed by atoms with Gasteiger partial charge in [0, 0.05) is 0 Å². The molecule has 9 heavy (non-hydrogen) atoms. The second kappa shape index (κ2) is 2.16. The molecule has 3 heteroatoms. The molecule has 0 saturated carbocycles. The summed E-state index contributed by atoms with van der Waals surface area (Å²) in [5, 5.41) is 0. The van der Waals surface area contributed by atoms with Crippen molar-refractivity contribution in [2.45, 2.75) is 19.1 Å². The normalized spacial score (nSPS) is 34.4. The van der Waals surface area contributed by atoms with Crippen molar-refractivity contribution in [2.24, 2.45) is 0 Å². The van der Waals surface area contributed by atoms with Crippen molar-refractivity contribution in [1.29, 1.82) is 0 Å². The number of nitrogens with zero attached hydrogens (tertiary/aromatic N) is 1. The first-order chi connectivity index (χ1) is 4.25. The van der Waals surface area contributed by atoms with E-state index in [9.17, 15) is 4.79 Å². The molecule has 48 valence electrons. The van der Waals surface area contributed by atoms with E-state index in [1.54, 1.807) is 6.92 Å². The maximum absolute atomic E-state index is 10.7. The summed E-state index contributed by atoms with van der Waals surface area (Å²) < 4.78 is 4.91. The Bertz CT molecular complexity index is 170. The van der Waals surface area contributed by atoms with E-state index in [2.05, 4.69) is 4.85 Å². The van der Waals surface area contributed by atoms with E-state index in [0.29, 0.717) is 0 Å². The van der Waals surface area contributed by atoms with Crippen LogP contribution in [0.4, 0.5) is 0 Å². The first-order valence-electron chi connectivity index (χ1n) is 2.76. The summed E-state index contributed by atoms with van der Waals surface area (Å²) in [6, 6.07) is -0.537. The summed E-state index contributed by atoms with van der Waals surface area (Å²) in [6.45, 7) is 8.45. The van der Waals surface area contributed by atoms with Gasteiger partial charge in [-0.05, 0) is 6.92 Å². The second-order valence-electron chi connectivity index (χ2n) is 2.06. The molecule has 0 aromatic heterocycles. The van der Waals surface area contributed by atoms with Gasteiger partial charge in [-0.2, -0.15) is 0 Å². The van der Waals surface area contributed by atoms with Crippen LogP contribution in [0.5, 0.6) is 0 Å². The van der Waals surface area contributed by atoms with Gasteiger partial charge in [0.2, 0.25) is 5.78 Å². The van der Waals surface area contributed by atoms with Crippen molar-refractivity contribution in [3.63, 3.8) is 0 Å². The van der Waals surface area contributed by atoms with Gasteiger partial charge in [0.1, 0.15) is 12.7 Å². The van der Waals surface area contributed by atoms with E-state index in [1.165, 1.54) is 0 Å². The number of hydrogen-bond acceptors (Lipinski definition) is 2. The van der Waals surface area contributed by atoms with Crippen molar-refractivity contribution in [2.75, 3.05) is 6.61 Å². The Balaban J connectivity index is 2.69. The lowest BCUT2D eigenvalue weighted by Crippen LogP contribution is -2.19. The smallest absolute Gasteiger partial charge is 0.308 e. The average Bonchev–Trinajstić information content (AvgIpc) is 2.12. The lowest BCUT2D eigenvalue weighted by Gasteiger charge is -1.96. The maximum atomic E-state index is 10.7. The van der Waals surface area contributed by atoms with Gasteiger partial charge in [-0.25, -0.2) is 6.57 Å².